The van der Waals surface area contributed by atoms with Gasteiger partial charge in [-0.05, 0) is 36.1 Å². The van der Waals surface area contributed by atoms with E-state index in [1.807, 2.05) is 11.0 Å². The molecule has 8 heteroatoms. The Hall–Kier alpha value is -2.37. The van der Waals surface area contributed by atoms with E-state index in [0.717, 1.165) is 13.1 Å². The van der Waals surface area contributed by atoms with Crippen molar-refractivity contribution in [2.75, 3.05) is 18.4 Å². The molecule has 0 unspecified atom stereocenters. The number of hydrogen-bond acceptors (Lipinski definition) is 5. The lowest BCUT2D eigenvalue weighted by molar-refractivity contribution is -0.112. The van der Waals surface area contributed by atoms with Crippen molar-refractivity contribution in [2.24, 2.45) is 11.8 Å². The zero-order valence-electron chi connectivity index (χ0n) is 15.4. The van der Waals surface area contributed by atoms with Crippen LogP contribution < -0.4 is 5.32 Å². The highest BCUT2D eigenvalue weighted by Gasteiger charge is 2.14. The molecule has 1 aromatic rings. The lowest BCUT2D eigenvalue weighted by Crippen LogP contribution is -2.28. The van der Waals surface area contributed by atoms with Crippen molar-refractivity contribution in [1.82, 2.24) is 4.90 Å². The Morgan fingerprint density at radius 3 is 2.08 bits per heavy atom. The number of amides is 1. The van der Waals surface area contributed by atoms with E-state index < -0.39 is 16.0 Å². The van der Waals surface area contributed by atoms with E-state index in [4.69, 9.17) is 4.55 Å². The maximum Gasteiger partial charge on any atom is 0.294 e. The van der Waals surface area contributed by atoms with Crippen LogP contribution in [0.4, 0.5) is 5.69 Å². The van der Waals surface area contributed by atoms with Crippen LogP contribution in [0.3, 0.4) is 0 Å². The molecule has 0 saturated heterocycles. The van der Waals surface area contributed by atoms with E-state index in [1.54, 1.807) is 6.20 Å². The highest BCUT2D eigenvalue weighted by molar-refractivity contribution is 7.85. The molecule has 1 aromatic carbocycles. The van der Waals surface area contributed by atoms with Crippen LogP contribution >= 0.6 is 0 Å². The van der Waals surface area contributed by atoms with Gasteiger partial charge in [0.2, 0.25) is 0 Å². The summed E-state index contributed by atoms with van der Waals surface area (Å²) >= 11 is 0. The molecular weight excluding hydrogens is 354 g/mol. The number of rotatable bonds is 8. The lowest BCUT2D eigenvalue weighted by atomic mass is 10.1. The van der Waals surface area contributed by atoms with Crippen molar-refractivity contribution >= 4 is 21.7 Å². The monoisotopic (exact) mass is 379 g/mol. The maximum atomic E-state index is 12.3. The maximum absolute atomic E-state index is 12.3. The van der Waals surface area contributed by atoms with Crippen LogP contribution in [-0.4, -0.2) is 36.9 Å². The Morgan fingerprint density at radius 1 is 1.19 bits per heavy atom. The summed E-state index contributed by atoms with van der Waals surface area (Å²) in [4.78, 5) is 14.0. The van der Waals surface area contributed by atoms with Gasteiger partial charge in [-0.15, -0.1) is 0 Å². The van der Waals surface area contributed by atoms with Gasteiger partial charge in [0.05, 0.1) is 4.90 Å². The van der Waals surface area contributed by atoms with Crippen LogP contribution in [0.1, 0.15) is 27.7 Å². The molecule has 0 spiro atoms. The van der Waals surface area contributed by atoms with Crippen LogP contribution in [0.15, 0.2) is 40.9 Å². The summed E-state index contributed by atoms with van der Waals surface area (Å²) in [6.07, 6.45) is 1.56. The fourth-order valence-corrected chi connectivity index (χ4v) is 2.83. The molecule has 0 radical (unpaired) electrons. The zero-order valence-corrected chi connectivity index (χ0v) is 16.2. The molecule has 142 valence electrons. The number of nitrogens with one attached hydrogen (secondary N) is 1. The third-order valence-corrected chi connectivity index (χ3v) is 4.15. The van der Waals surface area contributed by atoms with E-state index in [0.29, 0.717) is 17.5 Å². The fourth-order valence-electron chi connectivity index (χ4n) is 2.35. The summed E-state index contributed by atoms with van der Waals surface area (Å²) < 4.78 is 31.0. The smallest absolute Gasteiger partial charge is 0.294 e. The van der Waals surface area contributed by atoms with E-state index in [9.17, 15) is 18.5 Å². The molecule has 7 nitrogen and oxygen atoms in total. The van der Waals surface area contributed by atoms with Crippen molar-refractivity contribution in [3.8, 4) is 6.07 Å². The quantitative estimate of drug-likeness (QED) is 0.408. The third-order valence-electron chi connectivity index (χ3n) is 3.29. The van der Waals surface area contributed by atoms with Gasteiger partial charge in [-0.2, -0.15) is 13.7 Å². The number of nitriles is 1. The second-order valence-corrected chi connectivity index (χ2v) is 8.27. The number of carbonyl (C=O) groups is 1. The highest BCUT2D eigenvalue weighted by Crippen LogP contribution is 2.15. The van der Waals surface area contributed by atoms with Gasteiger partial charge in [0, 0.05) is 25.0 Å². The van der Waals surface area contributed by atoms with Gasteiger partial charge in [-0.3, -0.25) is 9.35 Å². The highest BCUT2D eigenvalue weighted by atomic mass is 32.2. The Kier molecular flexibility index (Phi) is 7.80. The Balaban J connectivity index is 2.95. The first-order chi connectivity index (χ1) is 12.0. The molecule has 0 aromatic heterocycles. The second kappa shape index (κ2) is 9.36. The first-order valence-corrected chi connectivity index (χ1v) is 9.71. The Labute approximate surface area is 155 Å². The molecule has 0 atom stereocenters. The third kappa shape index (κ3) is 7.25. The molecular formula is C18H25N3O4S. The molecule has 0 aliphatic heterocycles. The summed E-state index contributed by atoms with van der Waals surface area (Å²) in [6.45, 7) is 9.68. The first-order valence-electron chi connectivity index (χ1n) is 8.27. The van der Waals surface area contributed by atoms with Crippen LogP contribution in [0.5, 0.6) is 0 Å². The van der Waals surface area contributed by atoms with Gasteiger partial charge in [0.15, 0.2) is 0 Å². The van der Waals surface area contributed by atoms with E-state index in [1.165, 1.54) is 24.3 Å². The molecule has 1 amide bonds. The number of benzene rings is 1. The van der Waals surface area contributed by atoms with Gasteiger partial charge in [0.1, 0.15) is 11.6 Å². The summed E-state index contributed by atoms with van der Waals surface area (Å²) in [6, 6.07) is 6.94. The predicted octanol–water partition coefficient (Wildman–Crippen LogP) is 2.89. The summed E-state index contributed by atoms with van der Waals surface area (Å²) in [7, 11) is -4.29. The second-order valence-electron chi connectivity index (χ2n) is 6.85. The van der Waals surface area contributed by atoms with Crippen molar-refractivity contribution < 1.29 is 17.8 Å². The number of carbonyl (C=O) groups excluding carboxylic acids is 1. The molecule has 0 bridgehead atoms. The van der Waals surface area contributed by atoms with Crippen LogP contribution in [0.2, 0.25) is 0 Å². The topological polar surface area (TPSA) is 111 Å². The molecule has 0 aliphatic rings. The van der Waals surface area contributed by atoms with Crippen molar-refractivity contribution in [3.05, 3.63) is 36.0 Å². The minimum absolute atomic E-state index is 0.0369. The van der Waals surface area contributed by atoms with Crippen molar-refractivity contribution in [2.45, 2.75) is 32.6 Å². The standard InChI is InChI=1S/C18H25N3O4S/c1-13(2)10-21(11-14(3)4)12-15(9-19)18(22)20-16-5-7-17(8-6-16)26(23,24)25/h5-8,12-14H,10-11H2,1-4H3,(H,20,22)(H,23,24,25)/b15-12-. The zero-order chi connectivity index (χ0) is 19.9. The molecule has 0 fully saturated rings. The van der Waals surface area contributed by atoms with Gasteiger partial charge >= 0.3 is 0 Å². The minimum Gasteiger partial charge on any atom is -0.376 e. The van der Waals surface area contributed by atoms with Crippen molar-refractivity contribution in [1.29, 1.82) is 5.26 Å². The summed E-state index contributed by atoms with van der Waals surface area (Å²) in [5, 5.41) is 11.9. The average molecular weight is 379 g/mol. The molecule has 26 heavy (non-hydrogen) atoms. The van der Waals surface area contributed by atoms with Gasteiger partial charge in [-0.25, -0.2) is 0 Å². The van der Waals surface area contributed by atoms with Gasteiger partial charge < -0.3 is 10.2 Å². The van der Waals surface area contributed by atoms with Crippen molar-refractivity contribution in [3.63, 3.8) is 0 Å². The SMILES string of the molecule is CC(C)CN(/C=C(/C#N)C(=O)Nc1ccc(S(=O)(=O)O)cc1)CC(C)C. The molecule has 0 saturated carbocycles. The van der Waals surface area contributed by atoms with E-state index in [-0.39, 0.29) is 10.5 Å². The van der Waals surface area contributed by atoms with Crippen LogP contribution in [-0.2, 0) is 14.9 Å². The predicted molar refractivity (Wildman–Crippen MR) is 99.8 cm³/mol. The summed E-state index contributed by atoms with van der Waals surface area (Å²) in [5.74, 6) is 0.173. The number of nitrogens with zero attached hydrogens (tertiary/aromatic N) is 2. The molecule has 0 heterocycles. The van der Waals surface area contributed by atoms with Crippen LogP contribution in [0, 0.1) is 23.2 Å². The van der Waals surface area contributed by atoms with E-state index >= 15 is 0 Å². The number of hydrogen-bond donors (Lipinski definition) is 2. The average Bonchev–Trinajstić information content (AvgIpc) is 2.50. The fraction of sp³-hybridized carbons (Fsp3) is 0.444. The number of anilines is 1. The Bertz CT molecular complexity index is 781. The largest absolute Gasteiger partial charge is 0.376 e. The molecule has 0 aliphatic carbocycles. The Morgan fingerprint density at radius 2 is 1.69 bits per heavy atom. The molecule has 2 N–H and O–H groups in total. The van der Waals surface area contributed by atoms with E-state index in [2.05, 4.69) is 33.0 Å². The molecule has 1 rings (SSSR count). The van der Waals surface area contributed by atoms with Gasteiger partial charge in [0.25, 0.3) is 16.0 Å². The first kappa shape index (κ1) is 21.7. The minimum atomic E-state index is -4.29. The normalized spacial score (nSPS) is 12.2. The summed E-state index contributed by atoms with van der Waals surface area (Å²) in [5.41, 5.74) is 0.285. The van der Waals surface area contributed by atoms with Crippen LogP contribution in [0.25, 0.3) is 0 Å². The van der Waals surface area contributed by atoms with Gasteiger partial charge in [-0.1, -0.05) is 27.7 Å². The lowest BCUT2D eigenvalue weighted by Gasteiger charge is -2.25.